The van der Waals surface area contributed by atoms with Gasteiger partial charge < -0.3 is 24.8 Å². The van der Waals surface area contributed by atoms with E-state index >= 15 is 0 Å². The Morgan fingerprint density at radius 3 is 2.45 bits per heavy atom. The first-order chi connectivity index (χ1) is 9.67. The summed E-state index contributed by atoms with van der Waals surface area (Å²) in [5.41, 5.74) is 6.91. The number of ether oxygens (including phenoxy) is 3. The van der Waals surface area contributed by atoms with Gasteiger partial charge in [-0.05, 0) is 19.1 Å². The van der Waals surface area contributed by atoms with E-state index in [1.807, 2.05) is 24.0 Å². The standard InChI is InChI=1S/C14H21N3O3/c1-5-17-10(8-16-14(17)15)9-6-7-11(18-2)13(20-4)12(9)19-3/h6-7,10H,5,8H2,1-4H3,(H2,15,16). The van der Waals surface area contributed by atoms with Crippen molar-refractivity contribution in [2.24, 2.45) is 10.7 Å². The smallest absolute Gasteiger partial charge is 0.203 e. The maximum atomic E-state index is 5.91. The third kappa shape index (κ3) is 2.21. The van der Waals surface area contributed by atoms with Crippen LogP contribution in [-0.2, 0) is 0 Å². The summed E-state index contributed by atoms with van der Waals surface area (Å²) >= 11 is 0. The van der Waals surface area contributed by atoms with Gasteiger partial charge in [0.25, 0.3) is 0 Å². The van der Waals surface area contributed by atoms with E-state index in [0.717, 1.165) is 12.1 Å². The van der Waals surface area contributed by atoms with Crippen molar-refractivity contribution in [3.8, 4) is 17.2 Å². The summed E-state index contributed by atoms with van der Waals surface area (Å²) in [5, 5.41) is 0. The lowest BCUT2D eigenvalue weighted by molar-refractivity contribution is 0.307. The highest BCUT2D eigenvalue weighted by Gasteiger charge is 2.30. The lowest BCUT2D eigenvalue weighted by Crippen LogP contribution is -2.35. The molecule has 0 radical (unpaired) electrons. The van der Waals surface area contributed by atoms with Crippen LogP contribution >= 0.6 is 0 Å². The summed E-state index contributed by atoms with van der Waals surface area (Å²) in [6, 6.07) is 3.91. The van der Waals surface area contributed by atoms with Crippen LogP contribution in [-0.4, -0.2) is 45.3 Å². The van der Waals surface area contributed by atoms with E-state index < -0.39 is 0 Å². The second-order valence-corrected chi connectivity index (χ2v) is 4.42. The van der Waals surface area contributed by atoms with Crippen LogP contribution in [0.3, 0.4) is 0 Å². The van der Waals surface area contributed by atoms with E-state index in [1.165, 1.54) is 0 Å². The molecule has 1 aromatic carbocycles. The average molecular weight is 279 g/mol. The molecule has 0 fully saturated rings. The fraction of sp³-hybridized carbons (Fsp3) is 0.500. The molecule has 0 saturated carbocycles. The Morgan fingerprint density at radius 2 is 1.90 bits per heavy atom. The molecule has 0 saturated heterocycles. The monoisotopic (exact) mass is 279 g/mol. The van der Waals surface area contributed by atoms with Crippen molar-refractivity contribution >= 4 is 5.96 Å². The number of methoxy groups -OCH3 is 3. The summed E-state index contributed by atoms with van der Waals surface area (Å²) < 4.78 is 16.2. The Labute approximate surface area is 119 Å². The van der Waals surface area contributed by atoms with Crippen LogP contribution in [0.2, 0.25) is 0 Å². The Balaban J connectivity index is 2.47. The minimum atomic E-state index is 0.0646. The molecule has 1 heterocycles. The normalized spacial score (nSPS) is 17.9. The molecule has 1 aliphatic heterocycles. The summed E-state index contributed by atoms with van der Waals surface area (Å²) in [5.74, 6) is 2.46. The number of hydrogen-bond acceptors (Lipinski definition) is 6. The third-order valence-electron chi connectivity index (χ3n) is 3.53. The van der Waals surface area contributed by atoms with Crippen molar-refractivity contribution in [3.05, 3.63) is 17.7 Å². The molecule has 6 nitrogen and oxygen atoms in total. The summed E-state index contributed by atoms with van der Waals surface area (Å²) in [7, 11) is 4.82. The van der Waals surface area contributed by atoms with Gasteiger partial charge in [0.05, 0.1) is 33.9 Å². The van der Waals surface area contributed by atoms with Gasteiger partial charge in [0.1, 0.15) is 0 Å². The molecule has 0 aliphatic carbocycles. The number of hydrogen-bond donors (Lipinski definition) is 1. The lowest BCUT2D eigenvalue weighted by atomic mass is 10.0. The molecule has 0 aromatic heterocycles. The van der Waals surface area contributed by atoms with Crippen molar-refractivity contribution in [2.45, 2.75) is 13.0 Å². The largest absolute Gasteiger partial charge is 0.493 e. The Kier molecular flexibility index (Phi) is 4.22. The summed E-state index contributed by atoms with van der Waals surface area (Å²) in [6.07, 6.45) is 0. The zero-order chi connectivity index (χ0) is 14.7. The van der Waals surface area contributed by atoms with Gasteiger partial charge in [0, 0.05) is 12.1 Å². The maximum Gasteiger partial charge on any atom is 0.203 e. The summed E-state index contributed by atoms with van der Waals surface area (Å²) in [4.78, 5) is 6.36. The molecule has 0 amide bonds. The number of nitrogens with two attached hydrogens (primary N) is 1. The molecule has 1 atom stereocenters. The predicted molar refractivity (Wildman–Crippen MR) is 77.7 cm³/mol. The lowest BCUT2D eigenvalue weighted by Gasteiger charge is -2.27. The van der Waals surface area contributed by atoms with Gasteiger partial charge in [-0.15, -0.1) is 0 Å². The Bertz CT molecular complexity index is 517. The highest BCUT2D eigenvalue weighted by Crippen LogP contribution is 2.44. The van der Waals surface area contributed by atoms with Gasteiger partial charge in [0.15, 0.2) is 17.5 Å². The first-order valence-electron chi connectivity index (χ1n) is 6.53. The summed E-state index contributed by atoms with van der Waals surface area (Å²) in [6.45, 7) is 3.46. The van der Waals surface area contributed by atoms with E-state index in [-0.39, 0.29) is 6.04 Å². The quantitative estimate of drug-likeness (QED) is 0.882. The van der Waals surface area contributed by atoms with Crippen molar-refractivity contribution in [2.75, 3.05) is 34.4 Å². The fourth-order valence-electron chi connectivity index (χ4n) is 2.56. The number of nitrogens with zero attached hydrogens (tertiary/aromatic N) is 2. The maximum absolute atomic E-state index is 5.91. The van der Waals surface area contributed by atoms with Gasteiger partial charge in [-0.25, -0.2) is 0 Å². The molecule has 2 rings (SSSR count). The van der Waals surface area contributed by atoms with Crippen LogP contribution in [0.1, 0.15) is 18.5 Å². The van der Waals surface area contributed by atoms with E-state index in [0.29, 0.717) is 29.8 Å². The highest BCUT2D eigenvalue weighted by atomic mass is 16.5. The van der Waals surface area contributed by atoms with Gasteiger partial charge in [-0.1, -0.05) is 0 Å². The number of rotatable bonds is 5. The van der Waals surface area contributed by atoms with Crippen molar-refractivity contribution in [1.29, 1.82) is 0 Å². The van der Waals surface area contributed by atoms with Gasteiger partial charge in [0.2, 0.25) is 5.75 Å². The van der Waals surface area contributed by atoms with Crippen molar-refractivity contribution in [3.63, 3.8) is 0 Å². The SMILES string of the molecule is CCN1C(N)=NCC1c1ccc(OC)c(OC)c1OC. The zero-order valence-corrected chi connectivity index (χ0v) is 12.3. The second kappa shape index (κ2) is 5.90. The molecule has 20 heavy (non-hydrogen) atoms. The molecule has 1 unspecified atom stereocenters. The Hall–Kier alpha value is -2.11. The van der Waals surface area contributed by atoms with E-state index in [2.05, 4.69) is 4.99 Å². The van der Waals surface area contributed by atoms with Crippen LogP contribution in [0.4, 0.5) is 0 Å². The topological polar surface area (TPSA) is 69.3 Å². The molecular weight excluding hydrogens is 258 g/mol. The van der Waals surface area contributed by atoms with Crippen LogP contribution in [0.25, 0.3) is 0 Å². The molecule has 1 aromatic rings. The molecule has 0 spiro atoms. The van der Waals surface area contributed by atoms with Crippen LogP contribution in [0.15, 0.2) is 17.1 Å². The second-order valence-electron chi connectivity index (χ2n) is 4.42. The Morgan fingerprint density at radius 1 is 1.20 bits per heavy atom. The van der Waals surface area contributed by atoms with E-state index in [4.69, 9.17) is 19.9 Å². The molecule has 1 aliphatic rings. The number of benzene rings is 1. The van der Waals surface area contributed by atoms with Crippen LogP contribution in [0.5, 0.6) is 17.2 Å². The van der Waals surface area contributed by atoms with Gasteiger partial charge in [-0.3, -0.25) is 4.99 Å². The van der Waals surface area contributed by atoms with Crippen LogP contribution < -0.4 is 19.9 Å². The average Bonchev–Trinajstić information content (AvgIpc) is 2.85. The van der Waals surface area contributed by atoms with Gasteiger partial charge in [-0.2, -0.15) is 0 Å². The number of aliphatic imine (C=N–C) groups is 1. The fourth-order valence-corrected chi connectivity index (χ4v) is 2.56. The number of likely N-dealkylation sites (N-methyl/N-ethyl adjacent to an activating group) is 1. The number of guanidine groups is 1. The third-order valence-corrected chi connectivity index (χ3v) is 3.53. The highest BCUT2D eigenvalue weighted by molar-refractivity contribution is 5.80. The minimum Gasteiger partial charge on any atom is -0.493 e. The zero-order valence-electron chi connectivity index (χ0n) is 12.3. The molecule has 110 valence electrons. The predicted octanol–water partition coefficient (Wildman–Crippen LogP) is 1.40. The van der Waals surface area contributed by atoms with E-state index in [1.54, 1.807) is 21.3 Å². The van der Waals surface area contributed by atoms with Crippen LogP contribution in [0, 0.1) is 0 Å². The molecule has 0 bridgehead atoms. The van der Waals surface area contributed by atoms with Crippen molar-refractivity contribution < 1.29 is 14.2 Å². The molecular formula is C14H21N3O3. The molecule has 2 N–H and O–H groups in total. The minimum absolute atomic E-state index is 0.0646. The van der Waals surface area contributed by atoms with E-state index in [9.17, 15) is 0 Å². The van der Waals surface area contributed by atoms with Gasteiger partial charge >= 0.3 is 0 Å². The molecule has 6 heteroatoms. The first-order valence-corrected chi connectivity index (χ1v) is 6.53. The van der Waals surface area contributed by atoms with Crippen molar-refractivity contribution in [1.82, 2.24) is 4.90 Å². The first kappa shape index (κ1) is 14.3.